The van der Waals surface area contributed by atoms with Crippen molar-refractivity contribution < 1.29 is 9.53 Å². The van der Waals surface area contributed by atoms with Crippen LogP contribution in [0.25, 0.3) is 0 Å². The first-order valence-electron chi connectivity index (χ1n) is 5.18. The summed E-state index contributed by atoms with van der Waals surface area (Å²) in [6.45, 7) is 2.78. The number of ether oxygens (including phenoxy) is 1. The summed E-state index contributed by atoms with van der Waals surface area (Å²) in [6, 6.07) is 4.92. The lowest BCUT2D eigenvalue weighted by Gasteiger charge is -2.03. The fraction of sp³-hybridized carbons (Fsp3) is 0.167. The highest BCUT2D eigenvalue weighted by molar-refractivity contribution is 6.33. The number of benzene rings is 1. The molecule has 2 aromatic rings. The van der Waals surface area contributed by atoms with Gasteiger partial charge in [0.1, 0.15) is 5.75 Å². The van der Waals surface area contributed by atoms with Crippen LogP contribution in [0.5, 0.6) is 11.5 Å². The third-order valence-corrected chi connectivity index (χ3v) is 2.60. The van der Waals surface area contributed by atoms with Crippen LogP contribution in [0.1, 0.15) is 17.3 Å². The van der Waals surface area contributed by atoms with Gasteiger partial charge in [0.2, 0.25) is 0 Å². The SMILES string of the molecule is CCn1cc(Oc2ccc(C=O)c(Cl)c2)cn1. The van der Waals surface area contributed by atoms with Crippen LogP contribution in [0.2, 0.25) is 5.02 Å². The molecule has 0 aliphatic rings. The lowest BCUT2D eigenvalue weighted by molar-refractivity contribution is 0.112. The molecule has 0 unspecified atom stereocenters. The predicted molar refractivity (Wildman–Crippen MR) is 64.8 cm³/mol. The molecule has 0 bridgehead atoms. The van der Waals surface area contributed by atoms with Crippen molar-refractivity contribution in [1.29, 1.82) is 0 Å². The Kier molecular flexibility index (Phi) is 3.44. The van der Waals surface area contributed by atoms with Gasteiger partial charge in [0.25, 0.3) is 0 Å². The summed E-state index contributed by atoms with van der Waals surface area (Å²) in [7, 11) is 0. The third-order valence-electron chi connectivity index (χ3n) is 2.27. The highest BCUT2D eigenvalue weighted by atomic mass is 35.5. The van der Waals surface area contributed by atoms with Gasteiger partial charge >= 0.3 is 0 Å². The molecule has 0 saturated carbocycles. The van der Waals surface area contributed by atoms with E-state index in [-0.39, 0.29) is 0 Å². The summed E-state index contributed by atoms with van der Waals surface area (Å²) in [5, 5.41) is 4.46. The van der Waals surface area contributed by atoms with E-state index in [0.29, 0.717) is 28.4 Å². The van der Waals surface area contributed by atoms with Crippen molar-refractivity contribution in [3.05, 3.63) is 41.2 Å². The Morgan fingerprint density at radius 1 is 1.47 bits per heavy atom. The first kappa shape index (κ1) is 11.7. The third kappa shape index (κ3) is 2.65. The molecule has 4 nitrogen and oxygen atoms in total. The Balaban J connectivity index is 2.18. The number of carbonyl (C=O) groups excluding carboxylic acids is 1. The molecule has 0 fully saturated rings. The summed E-state index contributed by atoms with van der Waals surface area (Å²) < 4.78 is 7.32. The van der Waals surface area contributed by atoms with Gasteiger partial charge in [-0.15, -0.1) is 0 Å². The normalized spacial score (nSPS) is 10.2. The zero-order valence-electron chi connectivity index (χ0n) is 9.26. The van der Waals surface area contributed by atoms with E-state index < -0.39 is 0 Å². The van der Waals surface area contributed by atoms with Gasteiger partial charge in [0, 0.05) is 18.2 Å². The fourth-order valence-electron chi connectivity index (χ4n) is 1.37. The lowest BCUT2D eigenvalue weighted by atomic mass is 10.2. The van der Waals surface area contributed by atoms with Gasteiger partial charge in [-0.3, -0.25) is 9.48 Å². The van der Waals surface area contributed by atoms with Crippen molar-refractivity contribution in [3.8, 4) is 11.5 Å². The van der Waals surface area contributed by atoms with Gasteiger partial charge in [-0.2, -0.15) is 5.10 Å². The van der Waals surface area contributed by atoms with Crippen molar-refractivity contribution in [2.24, 2.45) is 0 Å². The molecule has 1 aromatic heterocycles. The molecule has 0 radical (unpaired) electrons. The maximum Gasteiger partial charge on any atom is 0.165 e. The first-order valence-corrected chi connectivity index (χ1v) is 5.55. The fourth-order valence-corrected chi connectivity index (χ4v) is 1.59. The molecule has 2 rings (SSSR count). The van der Waals surface area contributed by atoms with Crippen molar-refractivity contribution >= 4 is 17.9 Å². The zero-order chi connectivity index (χ0) is 12.3. The number of hydrogen-bond donors (Lipinski definition) is 0. The molecule has 0 spiro atoms. The van der Waals surface area contributed by atoms with Crippen molar-refractivity contribution in [2.45, 2.75) is 13.5 Å². The monoisotopic (exact) mass is 250 g/mol. The number of hydrogen-bond acceptors (Lipinski definition) is 3. The van der Waals surface area contributed by atoms with Crippen molar-refractivity contribution in [3.63, 3.8) is 0 Å². The second-order valence-corrected chi connectivity index (χ2v) is 3.84. The van der Waals surface area contributed by atoms with Crippen LogP contribution >= 0.6 is 11.6 Å². The van der Waals surface area contributed by atoms with Crippen LogP contribution in [0.4, 0.5) is 0 Å². The number of aldehydes is 1. The van der Waals surface area contributed by atoms with Gasteiger partial charge in [-0.05, 0) is 19.1 Å². The van der Waals surface area contributed by atoms with Crippen LogP contribution in [0.15, 0.2) is 30.6 Å². The average Bonchev–Trinajstić information content (AvgIpc) is 2.77. The molecule has 17 heavy (non-hydrogen) atoms. The molecule has 0 saturated heterocycles. The number of rotatable bonds is 4. The largest absolute Gasteiger partial charge is 0.454 e. The summed E-state index contributed by atoms with van der Waals surface area (Å²) in [6.07, 6.45) is 4.13. The summed E-state index contributed by atoms with van der Waals surface area (Å²) in [5.74, 6) is 1.22. The number of aryl methyl sites for hydroxylation is 1. The Labute approximate surface area is 104 Å². The van der Waals surface area contributed by atoms with E-state index in [1.807, 2.05) is 6.92 Å². The standard InChI is InChI=1S/C12H11ClN2O2/c1-2-15-7-11(6-14-15)17-10-4-3-9(8-16)12(13)5-10/h3-8H,2H2,1H3. The van der Waals surface area contributed by atoms with Gasteiger partial charge < -0.3 is 4.74 Å². The minimum absolute atomic E-state index is 0.375. The minimum atomic E-state index is 0.375. The van der Waals surface area contributed by atoms with E-state index in [9.17, 15) is 4.79 Å². The van der Waals surface area contributed by atoms with Crippen molar-refractivity contribution in [2.75, 3.05) is 0 Å². The smallest absolute Gasteiger partial charge is 0.165 e. The molecule has 0 aliphatic heterocycles. The van der Waals surface area contributed by atoms with Crippen LogP contribution in [-0.2, 0) is 6.54 Å². The van der Waals surface area contributed by atoms with Gasteiger partial charge in [0.05, 0.1) is 17.4 Å². The highest BCUT2D eigenvalue weighted by Gasteiger charge is 2.04. The number of halogens is 1. The second kappa shape index (κ2) is 5.01. The quantitative estimate of drug-likeness (QED) is 0.783. The van der Waals surface area contributed by atoms with Crippen LogP contribution < -0.4 is 4.74 Å². The van der Waals surface area contributed by atoms with E-state index in [1.54, 1.807) is 35.3 Å². The maximum atomic E-state index is 10.6. The van der Waals surface area contributed by atoms with E-state index in [1.165, 1.54) is 0 Å². The van der Waals surface area contributed by atoms with Gasteiger partial charge in [-0.1, -0.05) is 11.6 Å². The molecule has 0 N–H and O–H groups in total. The van der Waals surface area contributed by atoms with Gasteiger partial charge in [0.15, 0.2) is 12.0 Å². The molecule has 0 amide bonds. The summed E-state index contributed by atoms with van der Waals surface area (Å²) in [5.41, 5.74) is 0.447. The van der Waals surface area contributed by atoms with E-state index in [0.717, 1.165) is 6.54 Å². The van der Waals surface area contributed by atoms with Crippen LogP contribution in [0.3, 0.4) is 0 Å². The first-order chi connectivity index (χ1) is 8.22. The molecular formula is C12H11ClN2O2. The molecule has 88 valence electrons. The molecule has 0 aliphatic carbocycles. The molecule has 1 aromatic carbocycles. The van der Waals surface area contributed by atoms with Crippen LogP contribution in [-0.4, -0.2) is 16.1 Å². The Morgan fingerprint density at radius 3 is 2.88 bits per heavy atom. The molecule has 0 atom stereocenters. The number of nitrogens with zero attached hydrogens (tertiary/aromatic N) is 2. The highest BCUT2D eigenvalue weighted by Crippen LogP contribution is 2.25. The molecule has 5 heteroatoms. The average molecular weight is 251 g/mol. The topological polar surface area (TPSA) is 44.1 Å². The Morgan fingerprint density at radius 2 is 2.29 bits per heavy atom. The summed E-state index contributed by atoms with van der Waals surface area (Å²) >= 11 is 5.90. The van der Waals surface area contributed by atoms with E-state index in [2.05, 4.69) is 5.10 Å². The summed E-state index contributed by atoms with van der Waals surface area (Å²) in [4.78, 5) is 10.6. The molecular weight excluding hydrogens is 240 g/mol. The number of aromatic nitrogens is 2. The zero-order valence-corrected chi connectivity index (χ0v) is 10.0. The lowest BCUT2D eigenvalue weighted by Crippen LogP contribution is -1.92. The Bertz CT molecular complexity index is 537. The van der Waals surface area contributed by atoms with Gasteiger partial charge in [-0.25, -0.2) is 0 Å². The second-order valence-electron chi connectivity index (χ2n) is 3.43. The van der Waals surface area contributed by atoms with E-state index >= 15 is 0 Å². The van der Waals surface area contributed by atoms with Crippen molar-refractivity contribution in [1.82, 2.24) is 9.78 Å². The minimum Gasteiger partial charge on any atom is -0.454 e. The maximum absolute atomic E-state index is 10.6. The Hall–Kier alpha value is -1.81. The van der Waals surface area contributed by atoms with Crippen LogP contribution in [0, 0.1) is 0 Å². The molecule has 1 heterocycles. The predicted octanol–water partition coefficient (Wildman–Crippen LogP) is 3.16. The number of carbonyl (C=O) groups is 1. The van der Waals surface area contributed by atoms with E-state index in [4.69, 9.17) is 16.3 Å².